The van der Waals surface area contributed by atoms with Gasteiger partial charge in [-0.2, -0.15) is 11.3 Å². The highest BCUT2D eigenvalue weighted by Crippen LogP contribution is 2.09. The van der Waals surface area contributed by atoms with Crippen molar-refractivity contribution < 1.29 is 19.4 Å². The van der Waals surface area contributed by atoms with Crippen LogP contribution in [0.15, 0.2) is 16.8 Å². The topological polar surface area (TPSA) is 66.8 Å². The Morgan fingerprint density at radius 1 is 1.50 bits per heavy atom. The first kappa shape index (κ1) is 14.7. The van der Waals surface area contributed by atoms with Gasteiger partial charge in [0.25, 0.3) is 0 Å². The normalized spacial score (nSPS) is 10.3. The van der Waals surface area contributed by atoms with Gasteiger partial charge in [-0.25, -0.2) is 0 Å². The first-order valence-electron chi connectivity index (χ1n) is 5.63. The van der Waals surface area contributed by atoms with Gasteiger partial charge >= 0.3 is 5.97 Å². The van der Waals surface area contributed by atoms with Gasteiger partial charge in [0.15, 0.2) is 0 Å². The molecule has 0 aliphatic heterocycles. The lowest BCUT2D eigenvalue weighted by molar-refractivity contribution is -0.144. The Hall–Kier alpha value is -1.40. The van der Waals surface area contributed by atoms with E-state index in [1.807, 2.05) is 16.8 Å². The zero-order valence-electron chi connectivity index (χ0n) is 10.3. The highest BCUT2D eigenvalue weighted by molar-refractivity contribution is 7.07. The number of carboxylic acid groups (broad SMARTS) is 1. The average molecular weight is 271 g/mol. The number of hydrogen-bond acceptors (Lipinski definition) is 4. The van der Waals surface area contributed by atoms with E-state index in [4.69, 9.17) is 9.84 Å². The largest absolute Gasteiger partial charge is 0.480 e. The van der Waals surface area contributed by atoms with Gasteiger partial charge in [-0.1, -0.05) is 0 Å². The average Bonchev–Trinajstić information content (AvgIpc) is 2.84. The molecule has 0 unspecified atom stereocenters. The molecule has 18 heavy (non-hydrogen) atoms. The molecule has 1 amide bonds. The molecule has 0 saturated carbocycles. The van der Waals surface area contributed by atoms with Crippen molar-refractivity contribution >= 4 is 23.2 Å². The summed E-state index contributed by atoms with van der Waals surface area (Å²) >= 11 is 1.59. The summed E-state index contributed by atoms with van der Waals surface area (Å²) in [5, 5.41) is 12.7. The van der Waals surface area contributed by atoms with Crippen molar-refractivity contribution in [2.24, 2.45) is 0 Å². The van der Waals surface area contributed by atoms with Crippen molar-refractivity contribution in [3.8, 4) is 0 Å². The van der Waals surface area contributed by atoms with E-state index in [1.165, 1.54) is 12.0 Å². The Bertz CT molecular complexity index is 377. The molecule has 1 aromatic rings. The summed E-state index contributed by atoms with van der Waals surface area (Å²) < 4.78 is 4.87. The van der Waals surface area contributed by atoms with E-state index in [2.05, 4.69) is 0 Å². The number of carboxylic acids is 1. The third kappa shape index (κ3) is 5.29. The smallest absolute Gasteiger partial charge is 0.323 e. The summed E-state index contributed by atoms with van der Waals surface area (Å²) in [6.07, 6.45) is 0.971. The van der Waals surface area contributed by atoms with Crippen LogP contribution in [0.1, 0.15) is 12.0 Å². The van der Waals surface area contributed by atoms with Gasteiger partial charge < -0.3 is 14.7 Å². The Balaban J connectivity index is 2.44. The van der Waals surface area contributed by atoms with Gasteiger partial charge in [-0.15, -0.1) is 0 Å². The molecule has 5 nitrogen and oxygen atoms in total. The van der Waals surface area contributed by atoms with Crippen LogP contribution in [0, 0.1) is 0 Å². The van der Waals surface area contributed by atoms with Crippen LogP contribution in [0.2, 0.25) is 0 Å². The van der Waals surface area contributed by atoms with Gasteiger partial charge in [0.2, 0.25) is 5.91 Å². The van der Waals surface area contributed by atoms with Gasteiger partial charge in [-0.05, 0) is 28.8 Å². The molecule has 0 aliphatic carbocycles. The Kier molecular flexibility index (Phi) is 6.38. The maximum absolute atomic E-state index is 11.9. The summed E-state index contributed by atoms with van der Waals surface area (Å²) in [4.78, 5) is 23.9. The number of ether oxygens (including phenoxy) is 1. The number of methoxy groups -OCH3 is 1. The summed E-state index contributed by atoms with van der Waals surface area (Å²) in [7, 11) is 1.52. The number of carbonyl (C=O) groups is 2. The van der Waals surface area contributed by atoms with E-state index < -0.39 is 5.97 Å². The van der Waals surface area contributed by atoms with Crippen LogP contribution in [0.25, 0.3) is 0 Å². The van der Waals surface area contributed by atoms with Crippen molar-refractivity contribution in [1.29, 1.82) is 0 Å². The minimum Gasteiger partial charge on any atom is -0.480 e. The number of thiophene rings is 1. The molecule has 1 heterocycles. The number of rotatable bonds is 8. The van der Waals surface area contributed by atoms with Crippen molar-refractivity contribution in [2.45, 2.75) is 12.8 Å². The SMILES string of the molecule is COCCN(CC(=O)O)C(=O)CCc1ccsc1. The van der Waals surface area contributed by atoms with E-state index in [0.717, 1.165) is 5.56 Å². The third-order valence-electron chi connectivity index (χ3n) is 2.45. The van der Waals surface area contributed by atoms with Gasteiger partial charge in [0.05, 0.1) is 6.61 Å². The minimum absolute atomic E-state index is 0.152. The zero-order valence-corrected chi connectivity index (χ0v) is 11.1. The van der Waals surface area contributed by atoms with Crippen molar-refractivity contribution in [3.63, 3.8) is 0 Å². The highest BCUT2D eigenvalue weighted by atomic mass is 32.1. The maximum atomic E-state index is 11.9. The van der Waals surface area contributed by atoms with Crippen molar-refractivity contribution in [1.82, 2.24) is 4.90 Å². The molecule has 0 aliphatic rings. The molecule has 1 rings (SSSR count). The molecule has 0 saturated heterocycles. The van der Waals surface area contributed by atoms with Crippen LogP contribution in [0.4, 0.5) is 0 Å². The summed E-state index contributed by atoms with van der Waals surface area (Å²) in [5.41, 5.74) is 1.11. The fourth-order valence-corrected chi connectivity index (χ4v) is 2.20. The van der Waals surface area contributed by atoms with E-state index >= 15 is 0 Å². The zero-order chi connectivity index (χ0) is 13.4. The predicted octanol–water partition coefficient (Wildman–Crippen LogP) is 1.24. The van der Waals surface area contributed by atoms with Crippen LogP contribution in [0.3, 0.4) is 0 Å². The van der Waals surface area contributed by atoms with Crippen molar-refractivity contribution in [2.75, 3.05) is 26.8 Å². The third-order valence-corrected chi connectivity index (χ3v) is 3.18. The second-order valence-corrected chi connectivity index (χ2v) is 4.61. The van der Waals surface area contributed by atoms with E-state index in [9.17, 15) is 9.59 Å². The van der Waals surface area contributed by atoms with Gasteiger partial charge in [0.1, 0.15) is 6.54 Å². The second-order valence-electron chi connectivity index (χ2n) is 3.83. The van der Waals surface area contributed by atoms with E-state index in [0.29, 0.717) is 26.0 Å². The molecule has 0 aromatic carbocycles. The highest BCUT2D eigenvalue weighted by Gasteiger charge is 2.16. The van der Waals surface area contributed by atoms with Gasteiger partial charge in [0, 0.05) is 20.1 Å². The Morgan fingerprint density at radius 2 is 2.28 bits per heavy atom. The fourth-order valence-electron chi connectivity index (χ4n) is 1.50. The monoisotopic (exact) mass is 271 g/mol. The number of amides is 1. The molecule has 1 N–H and O–H groups in total. The fraction of sp³-hybridized carbons (Fsp3) is 0.500. The molecule has 0 spiro atoms. The van der Waals surface area contributed by atoms with E-state index in [1.54, 1.807) is 11.3 Å². The molecule has 100 valence electrons. The van der Waals surface area contributed by atoms with Crippen LogP contribution < -0.4 is 0 Å². The minimum atomic E-state index is -1.00. The van der Waals surface area contributed by atoms with Crippen LogP contribution in [0.5, 0.6) is 0 Å². The van der Waals surface area contributed by atoms with Crippen LogP contribution >= 0.6 is 11.3 Å². The number of carbonyl (C=O) groups excluding carboxylic acids is 1. The molecule has 0 atom stereocenters. The Labute approximate surface area is 110 Å². The first-order valence-corrected chi connectivity index (χ1v) is 6.57. The molecule has 6 heteroatoms. The molecule has 0 radical (unpaired) electrons. The lowest BCUT2D eigenvalue weighted by Gasteiger charge is -2.20. The lowest BCUT2D eigenvalue weighted by atomic mass is 10.2. The molecule has 1 aromatic heterocycles. The molecular formula is C12H17NO4S. The van der Waals surface area contributed by atoms with Gasteiger partial charge in [-0.3, -0.25) is 9.59 Å². The lowest BCUT2D eigenvalue weighted by Crippen LogP contribution is -2.38. The first-order chi connectivity index (χ1) is 8.63. The quantitative estimate of drug-likeness (QED) is 0.772. The standard InChI is InChI=1S/C12H17NO4S/c1-17-6-5-13(8-12(15)16)11(14)3-2-10-4-7-18-9-10/h4,7,9H,2-3,5-6,8H2,1H3,(H,15,16). The number of hydrogen-bond donors (Lipinski definition) is 1. The second kappa shape index (κ2) is 7.84. The number of aryl methyl sites for hydroxylation is 1. The van der Waals surface area contributed by atoms with Crippen LogP contribution in [-0.2, 0) is 20.7 Å². The number of nitrogens with zero attached hydrogens (tertiary/aromatic N) is 1. The molecule has 0 fully saturated rings. The Morgan fingerprint density at radius 3 is 2.83 bits per heavy atom. The van der Waals surface area contributed by atoms with E-state index in [-0.39, 0.29) is 12.5 Å². The predicted molar refractivity (Wildman–Crippen MR) is 68.7 cm³/mol. The molecular weight excluding hydrogens is 254 g/mol. The summed E-state index contributed by atoms with van der Waals surface area (Å²) in [6.45, 7) is 0.384. The maximum Gasteiger partial charge on any atom is 0.323 e. The van der Waals surface area contributed by atoms with Crippen molar-refractivity contribution in [3.05, 3.63) is 22.4 Å². The molecule has 0 bridgehead atoms. The number of aliphatic carboxylic acids is 1. The van der Waals surface area contributed by atoms with Crippen LogP contribution in [-0.4, -0.2) is 48.7 Å². The summed E-state index contributed by atoms with van der Waals surface area (Å²) in [5.74, 6) is -1.16. The summed E-state index contributed by atoms with van der Waals surface area (Å²) in [6, 6.07) is 1.97.